The van der Waals surface area contributed by atoms with Crippen molar-refractivity contribution >= 4 is 51.3 Å². The molecule has 5 N–H and O–H groups in total. The van der Waals surface area contributed by atoms with Gasteiger partial charge in [-0.15, -0.1) is 0 Å². The number of nitrogens with zero attached hydrogens (tertiary/aromatic N) is 3. The van der Waals surface area contributed by atoms with Gasteiger partial charge >= 0.3 is 36.7 Å². The van der Waals surface area contributed by atoms with Gasteiger partial charge in [-0.1, -0.05) is 12.1 Å². The molecular weight excluding hydrogens is 960 g/mol. The molecule has 0 saturated heterocycles. The molecule has 0 atom stereocenters. The summed E-state index contributed by atoms with van der Waals surface area (Å²) >= 11 is 0. The first-order valence-electron chi connectivity index (χ1n) is 21.8. The number of carbonyl (C=O) groups excluding carboxylic acids is 2. The number of aromatic amines is 1. The number of carbonyl (C=O) groups is 3. The Morgan fingerprint density at radius 1 is 0.690 bits per heavy atom. The lowest BCUT2D eigenvalue weighted by atomic mass is 9.78. The number of aromatic nitrogens is 4. The molecule has 1 amide bonds. The van der Waals surface area contributed by atoms with Crippen LogP contribution in [-0.2, 0) is 26.6 Å². The smallest absolute Gasteiger partial charge is 0.490 e. The van der Waals surface area contributed by atoms with E-state index in [1.165, 1.54) is 35.3 Å². The maximum atomic E-state index is 12.9. The highest BCUT2D eigenvalue weighted by molar-refractivity contribution is 6.03. The molecule has 4 aromatic heterocycles. The third-order valence-electron chi connectivity index (χ3n) is 10.8. The Morgan fingerprint density at radius 3 is 1.58 bits per heavy atom. The minimum atomic E-state index is -5.08. The highest BCUT2D eigenvalue weighted by atomic mass is 19.4. The number of nitrogens with two attached hydrogens (primary N) is 1. The first-order chi connectivity index (χ1) is 32.8. The first-order valence-corrected chi connectivity index (χ1v) is 21.8. The van der Waals surface area contributed by atoms with Crippen LogP contribution in [0.2, 0.25) is 0 Å². The predicted molar refractivity (Wildman–Crippen MR) is 241 cm³/mol. The van der Waals surface area contributed by atoms with Gasteiger partial charge in [-0.25, -0.2) is 14.4 Å². The molecule has 0 unspecified atom stereocenters. The van der Waals surface area contributed by atoms with Crippen molar-refractivity contribution in [1.29, 1.82) is 0 Å². The summed E-state index contributed by atoms with van der Waals surface area (Å²) in [6.07, 6.45) is -6.79. The van der Waals surface area contributed by atoms with Crippen LogP contribution in [0.5, 0.6) is 11.5 Å². The quantitative estimate of drug-likeness (QED) is 0.111. The van der Waals surface area contributed by atoms with E-state index in [2.05, 4.69) is 20.3 Å². The molecule has 23 heteroatoms. The zero-order valence-corrected chi connectivity index (χ0v) is 38.8. The van der Waals surface area contributed by atoms with Crippen molar-refractivity contribution in [3.05, 3.63) is 108 Å². The molecule has 2 saturated carbocycles. The molecule has 0 aliphatic heterocycles. The average Bonchev–Trinajstić information content (AvgIpc) is 3.77. The number of hydrogen-bond acceptors (Lipinski definition) is 10. The summed E-state index contributed by atoms with van der Waals surface area (Å²) in [7, 11) is 0. The van der Waals surface area contributed by atoms with Crippen LogP contribution in [0.25, 0.3) is 21.8 Å². The van der Waals surface area contributed by atoms with Crippen molar-refractivity contribution in [2.75, 3.05) is 11.1 Å². The lowest BCUT2D eigenvalue weighted by molar-refractivity contribution is -0.192. The molecule has 2 fully saturated rings. The van der Waals surface area contributed by atoms with Gasteiger partial charge in [-0.05, 0) is 139 Å². The highest BCUT2D eigenvalue weighted by Crippen LogP contribution is 2.42. The number of pyridine rings is 2. The fourth-order valence-electron chi connectivity index (χ4n) is 7.33. The summed E-state index contributed by atoms with van der Waals surface area (Å²) in [4.78, 5) is 44.4. The van der Waals surface area contributed by atoms with Crippen LogP contribution in [0.3, 0.4) is 0 Å². The maximum Gasteiger partial charge on any atom is 0.490 e. The number of amides is 1. The standard InChI is InChI=1S/C28H32F3N3O5.C18H16F3N3O.C2HF3O2/c1-26(2,3)38-24(35)33-21-15-34(25(36)39-27(4,5)6)22-9-8-18(13-20(21)22)37-19-11-17(12-19)16-7-10-23(32-14-16)28(29,30)31;19-18(20,21)17-4-1-10(8-24-17)11-5-13(6-11)25-12-2-3-16-14(7-12)15(22)9-23-16;3-2(4,5)1(6)7/h7-10,13-15,17,19H,11-12H2,1-6H3,(H,33,35);1-4,7-9,11,13,23H,5-6,22H2;(H,6,7)/t17-,19-;11-,13-;. The zero-order valence-electron chi connectivity index (χ0n) is 38.8. The molecule has 0 bridgehead atoms. The number of nitrogen functional groups attached to an aromatic ring is 1. The lowest BCUT2D eigenvalue weighted by Gasteiger charge is -2.35. The molecule has 71 heavy (non-hydrogen) atoms. The Kier molecular flexibility index (Phi) is 15.2. The topological polar surface area (TPSA) is 193 Å². The number of H-pyrrole nitrogens is 1. The zero-order chi connectivity index (χ0) is 52.4. The molecule has 14 nitrogen and oxygen atoms in total. The van der Waals surface area contributed by atoms with Crippen molar-refractivity contribution in [2.45, 2.75) is 121 Å². The van der Waals surface area contributed by atoms with Crippen LogP contribution in [0.1, 0.15) is 102 Å². The Morgan fingerprint density at radius 2 is 1.15 bits per heavy atom. The number of fused-ring (bicyclic) bond motifs is 2. The van der Waals surface area contributed by atoms with Crippen LogP contribution in [-0.4, -0.2) is 72.4 Å². The molecule has 2 aliphatic carbocycles. The number of carboxylic acid groups (broad SMARTS) is 1. The SMILES string of the molecule is CC(C)(C)OC(=O)Nc1cn(C(=O)OC(C)(C)C)c2ccc(O[C@H]3C[C@H](c4ccc(C(F)(F)F)nc4)C3)cc12.Nc1c[nH]c2ccc(O[C@H]3C[C@H](c4ccc(C(F)(F)F)nc4)C3)cc12.O=C(O)C(F)(F)F. The van der Waals surface area contributed by atoms with Crippen LogP contribution in [0.4, 0.5) is 60.5 Å². The summed E-state index contributed by atoms with van der Waals surface area (Å²) in [5, 5.41) is 11.3. The Hall–Kier alpha value is -7.20. The van der Waals surface area contributed by atoms with E-state index in [0.717, 1.165) is 52.8 Å². The number of ether oxygens (including phenoxy) is 4. The van der Waals surface area contributed by atoms with E-state index in [0.29, 0.717) is 40.9 Å². The van der Waals surface area contributed by atoms with Crippen molar-refractivity contribution in [1.82, 2.24) is 19.5 Å². The van der Waals surface area contributed by atoms with Gasteiger partial charge in [0.2, 0.25) is 0 Å². The first kappa shape index (κ1) is 53.2. The fourth-order valence-corrected chi connectivity index (χ4v) is 7.33. The third kappa shape index (κ3) is 14.2. The van der Waals surface area contributed by atoms with Crippen molar-refractivity contribution < 1.29 is 78.0 Å². The second-order valence-corrected chi connectivity index (χ2v) is 18.7. The summed E-state index contributed by atoms with van der Waals surface area (Å²) in [5.41, 5.74) is 6.69. The number of benzene rings is 2. The van der Waals surface area contributed by atoms with E-state index in [1.807, 2.05) is 18.2 Å². The molecule has 382 valence electrons. The minimum absolute atomic E-state index is 0.0462. The summed E-state index contributed by atoms with van der Waals surface area (Å²) in [5.74, 6) is -1.27. The van der Waals surface area contributed by atoms with E-state index in [4.69, 9.17) is 34.6 Å². The molecule has 4 heterocycles. The number of aliphatic carboxylic acids is 1. The summed E-state index contributed by atoms with van der Waals surface area (Å²) < 4.78 is 132. The fraction of sp³-hybridized carbons (Fsp3) is 0.396. The van der Waals surface area contributed by atoms with Gasteiger partial charge in [-0.2, -0.15) is 39.5 Å². The number of anilines is 2. The van der Waals surface area contributed by atoms with E-state index in [-0.39, 0.29) is 24.0 Å². The monoisotopic (exact) mass is 1010 g/mol. The minimum Gasteiger partial charge on any atom is -0.490 e. The van der Waals surface area contributed by atoms with Gasteiger partial charge in [0.1, 0.15) is 34.1 Å². The molecule has 8 rings (SSSR count). The van der Waals surface area contributed by atoms with Gasteiger partial charge < -0.3 is 34.8 Å². The van der Waals surface area contributed by atoms with Gasteiger partial charge in [-0.3, -0.25) is 19.9 Å². The second kappa shape index (κ2) is 20.3. The van der Waals surface area contributed by atoms with Crippen LogP contribution < -0.4 is 20.5 Å². The molecule has 2 aromatic carbocycles. The van der Waals surface area contributed by atoms with Crippen molar-refractivity contribution in [3.8, 4) is 11.5 Å². The van der Waals surface area contributed by atoms with Crippen LogP contribution >= 0.6 is 0 Å². The van der Waals surface area contributed by atoms with Crippen molar-refractivity contribution in [3.63, 3.8) is 0 Å². The second-order valence-electron chi connectivity index (χ2n) is 18.7. The maximum absolute atomic E-state index is 12.9. The average molecular weight is 1010 g/mol. The van der Waals surface area contributed by atoms with Crippen molar-refractivity contribution in [2.24, 2.45) is 0 Å². The number of carboxylic acids is 1. The van der Waals surface area contributed by atoms with E-state index in [1.54, 1.807) is 65.9 Å². The summed E-state index contributed by atoms with van der Waals surface area (Å²) in [6.45, 7) is 10.5. The number of hydrogen-bond donors (Lipinski definition) is 4. The van der Waals surface area contributed by atoms with E-state index >= 15 is 0 Å². The summed E-state index contributed by atoms with van der Waals surface area (Å²) in [6, 6.07) is 15.8. The number of rotatable bonds is 7. The van der Waals surface area contributed by atoms with E-state index < -0.39 is 59.3 Å². The lowest BCUT2D eigenvalue weighted by Crippen LogP contribution is -2.32. The normalized spacial score (nSPS) is 18.1. The molecule has 0 radical (unpaired) electrons. The molecule has 6 aromatic rings. The van der Waals surface area contributed by atoms with Gasteiger partial charge in [0, 0.05) is 41.1 Å². The van der Waals surface area contributed by atoms with Gasteiger partial charge in [0.25, 0.3) is 0 Å². The Bertz CT molecular complexity index is 2840. The molecular formula is C48H49F9N6O8. The van der Waals surface area contributed by atoms with Gasteiger partial charge in [0.05, 0.1) is 29.1 Å². The number of alkyl halides is 9. The Balaban J connectivity index is 0.000000219. The predicted octanol–water partition coefficient (Wildman–Crippen LogP) is 12.6. The molecule has 0 spiro atoms. The van der Waals surface area contributed by atoms with E-state index in [9.17, 15) is 49.1 Å². The van der Waals surface area contributed by atoms with Crippen LogP contribution in [0, 0.1) is 0 Å². The molecule has 2 aliphatic rings. The van der Waals surface area contributed by atoms with Crippen LogP contribution in [0.15, 0.2) is 85.5 Å². The highest BCUT2D eigenvalue weighted by Gasteiger charge is 2.39. The van der Waals surface area contributed by atoms with Gasteiger partial charge in [0.15, 0.2) is 0 Å². The third-order valence-corrected chi connectivity index (χ3v) is 10.8. The largest absolute Gasteiger partial charge is 0.490 e. The number of halogens is 9. The number of nitrogens with one attached hydrogen (secondary N) is 2. The Labute approximate surface area is 399 Å².